The smallest absolute Gasteiger partial charge is 0.303 e. The highest BCUT2D eigenvalue weighted by Gasteiger charge is 2.23. The third-order valence-corrected chi connectivity index (χ3v) is 4.31. The third kappa shape index (κ3) is 4.35. The molecule has 0 bridgehead atoms. The quantitative estimate of drug-likeness (QED) is 0.901. The van der Waals surface area contributed by atoms with E-state index in [1.807, 2.05) is 21.7 Å². The van der Waals surface area contributed by atoms with Gasteiger partial charge < -0.3 is 10.0 Å². The number of carboxylic acid groups (broad SMARTS) is 1. The summed E-state index contributed by atoms with van der Waals surface area (Å²) < 4.78 is 0. The van der Waals surface area contributed by atoms with E-state index in [-0.39, 0.29) is 12.3 Å². The van der Waals surface area contributed by atoms with E-state index in [4.69, 9.17) is 5.11 Å². The number of piperidine rings is 1. The van der Waals surface area contributed by atoms with Crippen LogP contribution in [0.1, 0.15) is 31.2 Å². The average Bonchev–Trinajstić information content (AvgIpc) is 2.89. The van der Waals surface area contributed by atoms with E-state index < -0.39 is 5.97 Å². The Bertz CT molecular complexity index is 430. The maximum atomic E-state index is 12.2. The van der Waals surface area contributed by atoms with Gasteiger partial charge >= 0.3 is 5.97 Å². The molecule has 19 heavy (non-hydrogen) atoms. The lowest BCUT2D eigenvalue weighted by Crippen LogP contribution is -2.40. The first-order chi connectivity index (χ1) is 9.15. The van der Waals surface area contributed by atoms with Crippen LogP contribution in [0.3, 0.4) is 0 Å². The lowest BCUT2D eigenvalue weighted by Gasteiger charge is -2.32. The standard InChI is InChI=1S/C14H19NO3S/c16-13(8-12-5-7-19-10-12)15-6-1-2-11(9-15)3-4-14(17)18/h5,7,10-11H,1-4,6,8-9H2,(H,17,18). The molecule has 0 saturated carbocycles. The van der Waals surface area contributed by atoms with Crippen molar-refractivity contribution in [2.45, 2.75) is 32.1 Å². The molecule has 1 N–H and O–H groups in total. The second kappa shape index (κ2) is 6.70. The second-order valence-corrected chi connectivity index (χ2v) is 5.87. The molecule has 1 unspecified atom stereocenters. The Labute approximate surface area is 117 Å². The van der Waals surface area contributed by atoms with Gasteiger partial charge in [0.2, 0.25) is 5.91 Å². The molecule has 1 aliphatic heterocycles. The molecule has 4 nitrogen and oxygen atoms in total. The minimum absolute atomic E-state index is 0.165. The monoisotopic (exact) mass is 281 g/mol. The summed E-state index contributed by atoms with van der Waals surface area (Å²) in [6.45, 7) is 1.53. The molecule has 0 spiro atoms. The van der Waals surface area contributed by atoms with Crippen molar-refractivity contribution in [3.63, 3.8) is 0 Å². The predicted octanol–water partition coefficient (Wildman–Crippen LogP) is 2.39. The van der Waals surface area contributed by atoms with Crippen LogP contribution < -0.4 is 0 Å². The summed E-state index contributed by atoms with van der Waals surface area (Å²) in [5, 5.41) is 12.7. The van der Waals surface area contributed by atoms with Gasteiger partial charge in [-0.2, -0.15) is 11.3 Å². The SMILES string of the molecule is O=C(O)CCC1CCCN(C(=O)Cc2ccsc2)C1. The Morgan fingerprint density at radius 3 is 3.00 bits per heavy atom. The maximum Gasteiger partial charge on any atom is 0.303 e. The second-order valence-electron chi connectivity index (χ2n) is 5.09. The molecule has 104 valence electrons. The number of aliphatic carboxylic acids is 1. The van der Waals surface area contributed by atoms with Crippen molar-refractivity contribution in [2.24, 2.45) is 5.92 Å². The molecule has 1 aromatic heterocycles. The number of nitrogens with zero attached hydrogens (tertiary/aromatic N) is 1. The number of hydrogen-bond donors (Lipinski definition) is 1. The van der Waals surface area contributed by atoms with Crippen molar-refractivity contribution in [3.05, 3.63) is 22.4 Å². The summed E-state index contributed by atoms with van der Waals surface area (Å²) >= 11 is 1.60. The van der Waals surface area contributed by atoms with Gasteiger partial charge in [0.05, 0.1) is 6.42 Å². The van der Waals surface area contributed by atoms with Gasteiger partial charge in [0.15, 0.2) is 0 Å². The van der Waals surface area contributed by atoms with Crippen LogP contribution in [0.5, 0.6) is 0 Å². The summed E-state index contributed by atoms with van der Waals surface area (Å²) in [7, 11) is 0. The van der Waals surface area contributed by atoms with Crippen molar-refractivity contribution >= 4 is 23.2 Å². The minimum Gasteiger partial charge on any atom is -0.481 e. The summed E-state index contributed by atoms with van der Waals surface area (Å²) in [5.41, 5.74) is 1.07. The third-order valence-electron chi connectivity index (χ3n) is 3.57. The van der Waals surface area contributed by atoms with Crippen molar-refractivity contribution in [1.82, 2.24) is 4.90 Å². The Morgan fingerprint density at radius 2 is 2.32 bits per heavy atom. The first-order valence-corrected chi connectivity index (χ1v) is 7.60. The fourth-order valence-corrected chi connectivity index (χ4v) is 3.20. The van der Waals surface area contributed by atoms with Gasteiger partial charge in [-0.05, 0) is 47.6 Å². The summed E-state index contributed by atoms with van der Waals surface area (Å²) in [4.78, 5) is 24.6. The van der Waals surface area contributed by atoms with E-state index in [9.17, 15) is 9.59 Å². The maximum absolute atomic E-state index is 12.2. The van der Waals surface area contributed by atoms with Crippen LogP contribution >= 0.6 is 11.3 Å². The Balaban J connectivity index is 1.82. The first kappa shape index (κ1) is 14.1. The molecule has 1 aliphatic rings. The van der Waals surface area contributed by atoms with Gasteiger partial charge in [-0.3, -0.25) is 9.59 Å². The molecule has 5 heteroatoms. The van der Waals surface area contributed by atoms with Crippen molar-refractivity contribution in [2.75, 3.05) is 13.1 Å². The largest absolute Gasteiger partial charge is 0.481 e. The molecule has 1 atom stereocenters. The number of thiophene rings is 1. The van der Waals surface area contributed by atoms with Crippen LogP contribution in [0, 0.1) is 5.92 Å². The number of carbonyl (C=O) groups excluding carboxylic acids is 1. The van der Waals surface area contributed by atoms with E-state index in [2.05, 4.69) is 0 Å². The van der Waals surface area contributed by atoms with Crippen LogP contribution in [-0.4, -0.2) is 35.0 Å². The molecule has 2 rings (SSSR count). The number of carbonyl (C=O) groups is 2. The van der Waals surface area contributed by atoms with Gasteiger partial charge in [0.1, 0.15) is 0 Å². The van der Waals surface area contributed by atoms with Gasteiger partial charge in [-0.25, -0.2) is 0 Å². The van der Waals surface area contributed by atoms with E-state index in [1.54, 1.807) is 11.3 Å². The molecule has 2 heterocycles. The molecular weight excluding hydrogens is 262 g/mol. The highest BCUT2D eigenvalue weighted by molar-refractivity contribution is 7.07. The predicted molar refractivity (Wildman–Crippen MR) is 74.2 cm³/mol. The Morgan fingerprint density at radius 1 is 1.47 bits per heavy atom. The Hall–Kier alpha value is -1.36. The molecule has 1 saturated heterocycles. The van der Waals surface area contributed by atoms with Gasteiger partial charge in [-0.15, -0.1) is 0 Å². The zero-order valence-electron chi connectivity index (χ0n) is 10.9. The van der Waals surface area contributed by atoms with E-state index in [1.165, 1.54) is 0 Å². The number of carboxylic acids is 1. The summed E-state index contributed by atoms with van der Waals surface area (Å²) in [6, 6.07) is 1.98. The van der Waals surface area contributed by atoms with Gasteiger partial charge in [-0.1, -0.05) is 0 Å². The molecule has 1 fully saturated rings. The zero-order chi connectivity index (χ0) is 13.7. The van der Waals surface area contributed by atoms with E-state index >= 15 is 0 Å². The lowest BCUT2D eigenvalue weighted by atomic mass is 9.93. The van der Waals surface area contributed by atoms with Crippen LogP contribution in [0.15, 0.2) is 16.8 Å². The average molecular weight is 281 g/mol. The Kier molecular flexibility index (Phi) is 4.96. The minimum atomic E-state index is -0.748. The number of hydrogen-bond acceptors (Lipinski definition) is 3. The number of amides is 1. The van der Waals surface area contributed by atoms with E-state index in [0.29, 0.717) is 18.8 Å². The van der Waals surface area contributed by atoms with Crippen LogP contribution in [0.2, 0.25) is 0 Å². The number of rotatable bonds is 5. The van der Waals surface area contributed by atoms with Crippen LogP contribution in [0.25, 0.3) is 0 Å². The van der Waals surface area contributed by atoms with Crippen LogP contribution in [-0.2, 0) is 16.0 Å². The summed E-state index contributed by atoms with van der Waals surface area (Å²) in [6.07, 6.45) is 3.37. The lowest BCUT2D eigenvalue weighted by molar-refractivity contribution is -0.137. The van der Waals surface area contributed by atoms with Crippen LogP contribution in [0.4, 0.5) is 0 Å². The summed E-state index contributed by atoms with van der Waals surface area (Å²) in [5.74, 6) is -0.239. The highest BCUT2D eigenvalue weighted by Crippen LogP contribution is 2.22. The van der Waals surface area contributed by atoms with Crippen molar-refractivity contribution in [3.8, 4) is 0 Å². The van der Waals surface area contributed by atoms with Crippen molar-refractivity contribution < 1.29 is 14.7 Å². The van der Waals surface area contributed by atoms with Crippen molar-refractivity contribution in [1.29, 1.82) is 0 Å². The van der Waals surface area contributed by atoms with E-state index in [0.717, 1.165) is 31.5 Å². The molecule has 1 aromatic rings. The van der Waals surface area contributed by atoms with Gasteiger partial charge in [0, 0.05) is 19.5 Å². The fraction of sp³-hybridized carbons (Fsp3) is 0.571. The zero-order valence-corrected chi connectivity index (χ0v) is 11.7. The number of likely N-dealkylation sites (tertiary alicyclic amines) is 1. The molecular formula is C14H19NO3S. The molecule has 0 aromatic carbocycles. The molecule has 0 aliphatic carbocycles. The fourth-order valence-electron chi connectivity index (χ4n) is 2.53. The topological polar surface area (TPSA) is 57.6 Å². The first-order valence-electron chi connectivity index (χ1n) is 6.66. The highest BCUT2D eigenvalue weighted by atomic mass is 32.1. The van der Waals surface area contributed by atoms with Gasteiger partial charge in [0.25, 0.3) is 0 Å². The molecule has 1 amide bonds. The molecule has 0 radical (unpaired) electrons. The normalized spacial score (nSPS) is 19.4.